The van der Waals surface area contributed by atoms with Gasteiger partial charge in [0.15, 0.2) is 0 Å². The van der Waals surface area contributed by atoms with Gasteiger partial charge in [-0.1, -0.05) is 50.3 Å². The third kappa shape index (κ3) is 4.20. The lowest BCUT2D eigenvalue weighted by Gasteiger charge is -2.05. The molecular weight excluding hydrogens is 272 g/mol. The molecule has 0 saturated heterocycles. The summed E-state index contributed by atoms with van der Waals surface area (Å²) in [6.07, 6.45) is 6.01. The molecule has 2 aromatic rings. The minimum atomic E-state index is -0.0763. The summed E-state index contributed by atoms with van der Waals surface area (Å²) in [7, 11) is 0. The van der Waals surface area contributed by atoms with E-state index in [1.54, 1.807) is 16.8 Å². The van der Waals surface area contributed by atoms with Crippen molar-refractivity contribution in [3.8, 4) is 6.07 Å². The Balaban J connectivity index is 2.11. The van der Waals surface area contributed by atoms with Crippen molar-refractivity contribution in [1.29, 1.82) is 5.26 Å². The van der Waals surface area contributed by atoms with Crippen LogP contribution in [-0.4, -0.2) is 4.57 Å². The van der Waals surface area contributed by atoms with Crippen LogP contribution >= 0.6 is 0 Å². The Morgan fingerprint density at radius 3 is 2.41 bits per heavy atom. The van der Waals surface area contributed by atoms with Gasteiger partial charge >= 0.3 is 0 Å². The van der Waals surface area contributed by atoms with Gasteiger partial charge in [-0.15, -0.1) is 0 Å². The first kappa shape index (κ1) is 15.8. The largest absolute Gasteiger partial charge is 0.314 e. The molecule has 2 rings (SSSR count). The van der Waals surface area contributed by atoms with Crippen LogP contribution in [0.4, 0.5) is 0 Å². The van der Waals surface area contributed by atoms with Gasteiger partial charge in [-0.2, -0.15) is 5.26 Å². The Hall–Kier alpha value is -2.60. The van der Waals surface area contributed by atoms with Crippen molar-refractivity contribution < 1.29 is 0 Å². The van der Waals surface area contributed by atoms with Gasteiger partial charge in [0.2, 0.25) is 0 Å². The number of rotatable bonds is 5. The number of hydrogen-bond donors (Lipinski definition) is 0. The zero-order chi connectivity index (χ0) is 15.9. The Bertz CT molecular complexity index is 746. The van der Waals surface area contributed by atoms with E-state index in [0.29, 0.717) is 18.9 Å². The van der Waals surface area contributed by atoms with Crippen molar-refractivity contribution >= 4 is 12.2 Å². The van der Waals surface area contributed by atoms with E-state index < -0.39 is 0 Å². The summed E-state index contributed by atoms with van der Waals surface area (Å²) in [6, 6.07) is 13.9. The average molecular weight is 292 g/mol. The summed E-state index contributed by atoms with van der Waals surface area (Å²) in [6.45, 7) is 4.79. The van der Waals surface area contributed by atoms with Crippen LogP contribution in [0, 0.1) is 11.3 Å². The molecule has 3 heteroatoms. The van der Waals surface area contributed by atoms with Gasteiger partial charge in [-0.25, -0.2) is 0 Å². The summed E-state index contributed by atoms with van der Waals surface area (Å²) in [5, 5.41) is 8.56. The molecule has 0 aliphatic carbocycles. The number of aromatic nitrogens is 1. The average Bonchev–Trinajstić information content (AvgIpc) is 2.52. The second kappa shape index (κ2) is 7.42. The molecule has 0 saturated carbocycles. The molecule has 3 nitrogen and oxygen atoms in total. The van der Waals surface area contributed by atoms with Crippen molar-refractivity contribution in [3.05, 3.63) is 69.6 Å². The van der Waals surface area contributed by atoms with Crippen LogP contribution < -0.4 is 5.56 Å². The molecule has 1 heterocycles. The Labute approximate surface area is 131 Å². The smallest absolute Gasteiger partial charge is 0.251 e. The molecule has 0 unspecified atom stereocenters. The van der Waals surface area contributed by atoms with Crippen molar-refractivity contribution in [2.24, 2.45) is 0 Å². The van der Waals surface area contributed by atoms with Crippen molar-refractivity contribution in [3.63, 3.8) is 0 Å². The fourth-order valence-corrected chi connectivity index (χ4v) is 2.17. The highest BCUT2D eigenvalue weighted by molar-refractivity contribution is 5.69. The second-order valence-electron chi connectivity index (χ2n) is 5.55. The fourth-order valence-electron chi connectivity index (χ4n) is 2.17. The van der Waals surface area contributed by atoms with Crippen LogP contribution in [0.5, 0.6) is 0 Å². The standard InChI is InChI=1S/C19H20N2O/c1-15(2)18-8-6-16(7-9-18)4-5-17-10-13-21(12-3-11-20)19(22)14-17/h4-10,13-15H,3,12H2,1-2H3/b5-4+. The van der Waals surface area contributed by atoms with E-state index in [2.05, 4.69) is 38.1 Å². The van der Waals surface area contributed by atoms with Crippen molar-refractivity contribution in [2.45, 2.75) is 32.7 Å². The van der Waals surface area contributed by atoms with E-state index in [1.807, 2.05) is 24.3 Å². The maximum Gasteiger partial charge on any atom is 0.251 e. The van der Waals surface area contributed by atoms with Gasteiger partial charge < -0.3 is 4.57 Å². The third-order valence-electron chi connectivity index (χ3n) is 3.56. The maximum atomic E-state index is 11.9. The number of nitrogens with zero attached hydrogens (tertiary/aromatic N) is 2. The molecule has 0 fully saturated rings. The molecule has 112 valence electrons. The third-order valence-corrected chi connectivity index (χ3v) is 3.56. The lowest BCUT2D eigenvalue weighted by molar-refractivity contribution is 0.686. The predicted octanol–water partition coefficient (Wildman–Crippen LogP) is 4.06. The lowest BCUT2D eigenvalue weighted by Crippen LogP contribution is -2.18. The Morgan fingerprint density at radius 1 is 1.14 bits per heavy atom. The van der Waals surface area contributed by atoms with E-state index in [9.17, 15) is 4.79 Å². The molecule has 0 aliphatic heterocycles. The summed E-state index contributed by atoms with van der Waals surface area (Å²) >= 11 is 0. The highest BCUT2D eigenvalue weighted by Gasteiger charge is 1.98. The van der Waals surface area contributed by atoms with Crippen LogP contribution in [0.3, 0.4) is 0 Å². The minimum Gasteiger partial charge on any atom is -0.314 e. The molecule has 22 heavy (non-hydrogen) atoms. The summed E-state index contributed by atoms with van der Waals surface area (Å²) in [5.74, 6) is 0.527. The van der Waals surface area contributed by atoms with E-state index in [0.717, 1.165) is 11.1 Å². The zero-order valence-corrected chi connectivity index (χ0v) is 13.0. The van der Waals surface area contributed by atoms with E-state index in [1.165, 1.54) is 5.56 Å². The molecule has 1 aromatic carbocycles. The Morgan fingerprint density at radius 2 is 1.82 bits per heavy atom. The fraction of sp³-hybridized carbons (Fsp3) is 0.263. The molecule has 0 aliphatic rings. The van der Waals surface area contributed by atoms with Gasteiger partial charge in [0.1, 0.15) is 0 Å². The molecule has 0 spiro atoms. The normalized spacial score (nSPS) is 11.0. The van der Waals surface area contributed by atoms with Crippen LogP contribution in [0.15, 0.2) is 47.4 Å². The number of nitriles is 1. The van der Waals surface area contributed by atoms with E-state index in [4.69, 9.17) is 5.26 Å². The first-order chi connectivity index (χ1) is 10.6. The van der Waals surface area contributed by atoms with Gasteiger partial charge in [0, 0.05) is 18.8 Å². The predicted molar refractivity (Wildman–Crippen MR) is 90.4 cm³/mol. The van der Waals surface area contributed by atoms with Crippen LogP contribution in [0.25, 0.3) is 12.2 Å². The monoisotopic (exact) mass is 292 g/mol. The van der Waals surface area contributed by atoms with E-state index >= 15 is 0 Å². The summed E-state index contributed by atoms with van der Waals surface area (Å²) in [4.78, 5) is 11.9. The van der Waals surface area contributed by atoms with Gasteiger partial charge in [-0.3, -0.25) is 4.79 Å². The quantitative estimate of drug-likeness (QED) is 0.834. The van der Waals surface area contributed by atoms with Gasteiger partial charge in [0.25, 0.3) is 5.56 Å². The SMILES string of the molecule is CC(C)c1ccc(/C=C/c2ccn(CCC#N)c(=O)c2)cc1. The second-order valence-corrected chi connectivity index (χ2v) is 5.55. The molecule has 0 radical (unpaired) electrons. The molecule has 0 amide bonds. The highest BCUT2D eigenvalue weighted by atomic mass is 16.1. The zero-order valence-electron chi connectivity index (χ0n) is 13.0. The first-order valence-corrected chi connectivity index (χ1v) is 7.45. The maximum absolute atomic E-state index is 11.9. The van der Waals surface area contributed by atoms with Crippen LogP contribution in [0.1, 0.15) is 42.9 Å². The van der Waals surface area contributed by atoms with Crippen molar-refractivity contribution in [1.82, 2.24) is 4.57 Å². The minimum absolute atomic E-state index is 0.0763. The number of benzene rings is 1. The number of pyridine rings is 1. The van der Waals surface area contributed by atoms with Crippen LogP contribution in [0.2, 0.25) is 0 Å². The molecule has 0 bridgehead atoms. The summed E-state index contributed by atoms with van der Waals surface area (Å²) < 4.78 is 1.55. The highest BCUT2D eigenvalue weighted by Crippen LogP contribution is 2.16. The lowest BCUT2D eigenvalue weighted by atomic mass is 10.0. The van der Waals surface area contributed by atoms with E-state index in [-0.39, 0.29) is 5.56 Å². The van der Waals surface area contributed by atoms with Crippen LogP contribution in [-0.2, 0) is 6.54 Å². The van der Waals surface area contributed by atoms with Gasteiger partial charge in [-0.05, 0) is 28.7 Å². The molecule has 1 aromatic heterocycles. The summed E-state index contributed by atoms with van der Waals surface area (Å²) in [5.41, 5.74) is 3.22. The number of aryl methyl sites for hydroxylation is 1. The Kier molecular flexibility index (Phi) is 5.32. The first-order valence-electron chi connectivity index (χ1n) is 7.45. The molecule has 0 atom stereocenters. The van der Waals surface area contributed by atoms with Gasteiger partial charge in [0.05, 0.1) is 12.5 Å². The molecule has 0 N–H and O–H groups in total. The number of hydrogen-bond acceptors (Lipinski definition) is 2. The van der Waals surface area contributed by atoms with Crippen molar-refractivity contribution in [2.75, 3.05) is 0 Å². The topological polar surface area (TPSA) is 45.8 Å². The molecular formula is C19H20N2O.